The third-order valence-corrected chi connectivity index (χ3v) is 3.65. The first-order chi connectivity index (χ1) is 8.74. The molecule has 0 bridgehead atoms. The summed E-state index contributed by atoms with van der Waals surface area (Å²) in [6.45, 7) is 2.14. The zero-order valence-electron chi connectivity index (χ0n) is 10.4. The second-order valence-corrected chi connectivity index (χ2v) is 5.23. The number of aromatic nitrogens is 1. The van der Waals surface area contributed by atoms with Gasteiger partial charge in [0.25, 0.3) is 0 Å². The number of pyridine rings is 1. The van der Waals surface area contributed by atoms with E-state index in [4.69, 9.17) is 0 Å². The number of rotatable bonds is 5. The molecule has 94 valence electrons. The number of carbonyl (C=O) groups is 1. The van der Waals surface area contributed by atoms with Crippen molar-refractivity contribution in [2.24, 2.45) is 0 Å². The van der Waals surface area contributed by atoms with E-state index in [0.29, 0.717) is 12.1 Å². The largest absolute Gasteiger partial charge is 0.292 e. The van der Waals surface area contributed by atoms with E-state index in [2.05, 4.69) is 27.8 Å². The van der Waals surface area contributed by atoms with E-state index >= 15 is 0 Å². The van der Waals surface area contributed by atoms with Crippen LogP contribution in [0.5, 0.6) is 0 Å². The molecule has 0 N–H and O–H groups in total. The SMILES string of the molecule is CCCCCC(=O)c1ncc(Br)c2ccccc12. The van der Waals surface area contributed by atoms with Crippen LogP contribution in [0.4, 0.5) is 0 Å². The predicted molar refractivity (Wildman–Crippen MR) is 77.9 cm³/mol. The fourth-order valence-corrected chi connectivity index (χ4v) is 2.48. The molecule has 2 nitrogen and oxygen atoms in total. The number of hydrogen-bond acceptors (Lipinski definition) is 2. The lowest BCUT2D eigenvalue weighted by molar-refractivity contribution is 0.0976. The number of Topliss-reactive ketones (excluding diaryl/α,β-unsaturated/α-hetero) is 1. The van der Waals surface area contributed by atoms with Gasteiger partial charge in [-0.05, 0) is 27.7 Å². The first-order valence-corrected chi connectivity index (χ1v) is 7.09. The summed E-state index contributed by atoms with van der Waals surface area (Å²) >= 11 is 3.47. The summed E-state index contributed by atoms with van der Waals surface area (Å²) in [6.07, 6.45) is 5.48. The number of benzene rings is 1. The molecular weight excluding hydrogens is 290 g/mol. The number of fused-ring (bicyclic) bond motifs is 1. The number of carbonyl (C=O) groups excluding carboxylic acids is 1. The zero-order valence-corrected chi connectivity index (χ0v) is 12.0. The van der Waals surface area contributed by atoms with Crippen molar-refractivity contribution in [3.63, 3.8) is 0 Å². The van der Waals surface area contributed by atoms with Gasteiger partial charge in [0.05, 0.1) is 0 Å². The van der Waals surface area contributed by atoms with Gasteiger partial charge < -0.3 is 0 Å². The molecule has 3 heteroatoms. The molecule has 0 fully saturated rings. The average molecular weight is 306 g/mol. The minimum atomic E-state index is 0.146. The molecule has 2 rings (SSSR count). The molecular formula is C15H16BrNO. The van der Waals surface area contributed by atoms with E-state index in [-0.39, 0.29) is 5.78 Å². The highest BCUT2D eigenvalue weighted by Crippen LogP contribution is 2.25. The lowest BCUT2D eigenvalue weighted by atomic mass is 10.0. The normalized spacial score (nSPS) is 10.8. The lowest BCUT2D eigenvalue weighted by Gasteiger charge is -2.06. The van der Waals surface area contributed by atoms with Crippen LogP contribution in [0.1, 0.15) is 43.1 Å². The Bertz CT molecular complexity index is 565. The van der Waals surface area contributed by atoms with Gasteiger partial charge in [0, 0.05) is 22.5 Å². The highest BCUT2D eigenvalue weighted by Gasteiger charge is 2.12. The Hall–Kier alpha value is -1.22. The maximum Gasteiger partial charge on any atom is 0.181 e. The minimum absolute atomic E-state index is 0.146. The van der Waals surface area contributed by atoms with Gasteiger partial charge in [0.1, 0.15) is 5.69 Å². The maximum absolute atomic E-state index is 12.2. The standard InChI is InChI=1S/C15H16BrNO/c1-2-3-4-9-14(18)15-12-8-6-5-7-11(12)13(16)10-17-15/h5-8,10H,2-4,9H2,1H3. The Labute approximate surface area is 116 Å². The smallest absolute Gasteiger partial charge is 0.181 e. The summed E-state index contributed by atoms with van der Waals surface area (Å²) in [5.41, 5.74) is 0.602. The quantitative estimate of drug-likeness (QED) is 0.589. The van der Waals surface area contributed by atoms with E-state index in [1.54, 1.807) is 6.20 Å². The molecule has 0 saturated heterocycles. The van der Waals surface area contributed by atoms with Crippen molar-refractivity contribution < 1.29 is 4.79 Å². The molecule has 1 aromatic carbocycles. The van der Waals surface area contributed by atoms with E-state index < -0.39 is 0 Å². The van der Waals surface area contributed by atoms with Crippen LogP contribution in [-0.4, -0.2) is 10.8 Å². The van der Waals surface area contributed by atoms with Crippen LogP contribution < -0.4 is 0 Å². The van der Waals surface area contributed by atoms with Crippen molar-refractivity contribution in [3.8, 4) is 0 Å². The Kier molecular flexibility index (Phi) is 4.48. The van der Waals surface area contributed by atoms with Crippen LogP contribution in [0.25, 0.3) is 10.8 Å². The van der Waals surface area contributed by atoms with Gasteiger partial charge in [0.2, 0.25) is 0 Å². The number of nitrogens with zero attached hydrogens (tertiary/aromatic N) is 1. The van der Waals surface area contributed by atoms with Crippen LogP contribution in [0.15, 0.2) is 34.9 Å². The molecule has 0 radical (unpaired) electrons. The van der Waals surface area contributed by atoms with Crippen molar-refractivity contribution in [1.82, 2.24) is 4.98 Å². The van der Waals surface area contributed by atoms with E-state index in [0.717, 1.165) is 34.5 Å². The summed E-state index contributed by atoms with van der Waals surface area (Å²) in [6, 6.07) is 7.88. The fraction of sp³-hybridized carbons (Fsp3) is 0.333. The molecule has 0 aliphatic carbocycles. The highest BCUT2D eigenvalue weighted by molar-refractivity contribution is 9.10. The first-order valence-electron chi connectivity index (χ1n) is 6.30. The summed E-state index contributed by atoms with van der Waals surface area (Å²) < 4.78 is 0.934. The van der Waals surface area contributed by atoms with Crippen molar-refractivity contribution >= 4 is 32.5 Å². The zero-order chi connectivity index (χ0) is 13.0. The van der Waals surface area contributed by atoms with Crippen molar-refractivity contribution in [3.05, 3.63) is 40.6 Å². The predicted octanol–water partition coefficient (Wildman–Crippen LogP) is 4.76. The molecule has 0 amide bonds. The second-order valence-electron chi connectivity index (χ2n) is 4.38. The van der Waals surface area contributed by atoms with Crippen molar-refractivity contribution in [2.45, 2.75) is 32.6 Å². The topological polar surface area (TPSA) is 30.0 Å². The van der Waals surface area contributed by atoms with Gasteiger partial charge in [-0.25, -0.2) is 0 Å². The number of halogens is 1. The van der Waals surface area contributed by atoms with Crippen LogP contribution in [-0.2, 0) is 0 Å². The molecule has 0 unspecified atom stereocenters. The Balaban J connectivity index is 2.33. The lowest BCUT2D eigenvalue weighted by Crippen LogP contribution is -2.03. The Morgan fingerprint density at radius 2 is 1.94 bits per heavy atom. The number of ketones is 1. The third-order valence-electron chi connectivity index (χ3n) is 3.02. The number of unbranched alkanes of at least 4 members (excludes halogenated alkanes) is 2. The summed E-state index contributed by atoms with van der Waals surface area (Å²) in [7, 11) is 0. The fourth-order valence-electron chi connectivity index (χ4n) is 2.03. The van der Waals surface area contributed by atoms with Gasteiger partial charge in [-0.3, -0.25) is 9.78 Å². The van der Waals surface area contributed by atoms with Crippen molar-refractivity contribution in [1.29, 1.82) is 0 Å². The molecule has 0 spiro atoms. The molecule has 1 aromatic heterocycles. The van der Waals surface area contributed by atoms with Crippen LogP contribution in [0, 0.1) is 0 Å². The number of hydrogen-bond donors (Lipinski definition) is 0. The monoisotopic (exact) mass is 305 g/mol. The summed E-state index contributed by atoms with van der Waals surface area (Å²) in [4.78, 5) is 16.5. The van der Waals surface area contributed by atoms with Gasteiger partial charge in [-0.2, -0.15) is 0 Å². The maximum atomic E-state index is 12.2. The Morgan fingerprint density at radius 3 is 2.67 bits per heavy atom. The highest BCUT2D eigenvalue weighted by atomic mass is 79.9. The van der Waals surface area contributed by atoms with Gasteiger partial charge in [0.15, 0.2) is 5.78 Å². The van der Waals surface area contributed by atoms with Gasteiger partial charge in [-0.15, -0.1) is 0 Å². The summed E-state index contributed by atoms with van der Waals surface area (Å²) in [5.74, 6) is 0.146. The second kappa shape index (κ2) is 6.10. The molecule has 2 aromatic rings. The van der Waals surface area contributed by atoms with Crippen LogP contribution in [0.3, 0.4) is 0 Å². The summed E-state index contributed by atoms with van der Waals surface area (Å²) in [5, 5.41) is 1.99. The van der Waals surface area contributed by atoms with Crippen molar-refractivity contribution in [2.75, 3.05) is 0 Å². The third kappa shape index (κ3) is 2.78. The molecule has 0 atom stereocenters. The molecule has 18 heavy (non-hydrogen) atoms. The van der Waals surface area contributed by atoms with E-state index in [1.807, 2.05) is 24.3 Å². The molecule has 0 saturated carbocycles. The van der Waals surface area contributed by atoms with Gasteiger partial charge >= 0.3 is 0 Å². The Morgan fingerprint density at radius 1 is 1.22 bits per heavy atom. The molecule has 0 aliphatic rings. The molecule has 0 aliphatic heterocycles. The molecule has 1 heterocycles. The van der Waals surface area contributed by atoms with Crippen LogP contribution in [0.2, 0.25) is 0 Å². The van der Waals surface area contributed by atoms with Crippen LogP contribution >= 0.6 is 15.9 Å². The first kappa shape index (κ1) is 13.2. The average Bonchev–Trinajstić information content (AvgIpc) is 2.39. The van der Waals surface area contributed by atoms with Gasteiger partial charge in [-0.1, -0.05) is 44.0 Å². The van der Waals surface area contributed by atoms with E-state index in [1.165, 1.54) is 0 Å². The minimum Gasteiger partial charge on any atom is -0.292 e. The van der Waals surface area contributed by atoms with E-state index in [9.17, 15) is 4.79 Å².